The molecule has 146 valence electrons. The van der Waals surface area contributed by atoms with Crippen molar-refractivity contribution in [3.8, 4) is 0 Å². The van der Waals surface area contributed by atoms with Crippen LogP contribution in [0.5, 0.6) is 0 Å². The van der Waals surface area contributed by atoms with Gasteiger partial charge in [0.05, 0.1) is 19.6 Å². The third-order valence-corrected chi connectivity index (χ3v) is 5.26. The predicted octanol–water partition coefficient (Wildman–Crippen LogP) is 1.73. The molecule has 1 aliphatic rings. The minimum atomic E-state index is -0.207. The molecule has 0 fully saturated rings. The molecule has 2 aromatic rings. The molecule has 0 spiro atoms. The summed E-state index contributed by atoms with van der Waals surface area (Å²) in [7, 11) is 0. The minimum absolute atomic E-state index is 0.00933. The van der Waals surface area contributed by atoms with Gasteiger partial charge in [-0.1, -0.05) is 42.5 Å². The summed E-state index contributed by atoms with van der Waals surface area (Å²) in [6.07, 6.45) is 3.18. The van der Waals surface area contributed by atoms with Gasteiger partial charge in [-0.3, -0.25) is 9.59 Å². The lowest BCUT2D eigenvalue weighted by atomic mass is 10.00. The molecule has 1 atom stereocenters. The van der Waals surface area contributed by atoms with Crippen LogP contribution < -0.4 is 15.5 Å². The first-order chi connectivity index (χ1) is 13.5. The topological polar surface area (TPSA) is 62.6 Å². The molecule has 0 radical (unpaired) electrons. The molecule has 5 nitrogen and oxygen atoms in total. The number of carbonyl (C=O) groups is 2. The van der Waals surface area contributed by atoms with Gasteiger partial charge in [-0.15, -0.1) is 0 Å². The van der Waals surface area contributed by atoms with E-state index < -0.39 is 0 Å². The fraction of sp³-hybridized carbons (Fsp3) is 0.304. The highest BCUT2D eigenvalue weighted by Gasteiger charge is 2.19. The Morgan fingerprint density at radius 3 is 2.50 bits per heavy atom. The maximum absolute atomic E-state index is 12.2. The van der Waals surface area contributed by atoms with Gasteiger partial charge in [0.25, 0.3) is 5.91 Å². The number of quaternary nitrogens is 1. The average molecular weight is 378 g/mol. The number of benzene rings is 2. The summed E-state index contributed by atoms with van der Waals surface area (Å²) >= 11 is 0. The van der Waals surface area contributed by atoms with Crippen molar-refractivity contribution >= 4 is 23.1 Å². The quantitative estimate of drug-likeness (QED) is 0.717. The largest absolute Gasteiger partial charge is 0.342 e. The Morgan fingerprint density at radius 1 is 1.00 bits per heavy atom. The van der Waals surface area contributed by atoms with Crippen molar-refractivity contribution in [3.63, 3.8) is 0 Å². The highest BCUT2D eigenvalue weighted by molar-refractivity contribution is 5.95. The lowest BCUT2D eigenvalue weighted by molar-refractivity contribution is -0.886. The maximum atomic E-state index is 12.2. The van der Waals surface area contributed by atoms with Crippen molar-refractivity contribution in [3.05, 3.63) is 71.3 Å². The normalized spacial score (nSPS) is 16.2. The highest BCUT2D eigenvalue weighted by atomic mass is 16.2. The van der Waals surface area contributed by atoms with Gasteiger partial charge in [-0.2, -0.15) is 0 Å². The Morgan fingerprint density at radius 2 is 1.79 bits per heavy atom. The van der Waals surface area contributed by atoms with Crippen LogP contribution in [0.25, 0.3) is 5.57 Å². The number of carbonyl (C=O) groups excluding carboxylic acids is 2. The van der Waals surface area contributed by atoms with E-state index in [1.165, 1.54) is 16.0 Å². The summed E-state index contributed by atoms with van der Waals surface area (Å²) in [6.45, 7) is 6.10. The predicted molar refractivity (Wildman–Crippen MR) is 112 cm³/mol. The third-order valence-electron chi connectivity index (χ3n) is 5.26. The van der Waals surface area contributed by atoms with Crippen LogP contribution in [-0.2, 0) is 9.59 Å². The minimum Gasteiger partial charge on any atom is -0.342 e. The second kappa shape index (κ2) is 9.33. The van der Waals surface area contributed by atoms with Crippen LogP contribution in [0.4, 0.5) is 5.69 Å². The molecule has 1 unspecified atom stereocenters. The molecule has 0 bridgehead atoms. The number of nitrogens with one attached hydrogen (secondary N) is 3. The molecular formula is C23H28N3O2+. The lowest BCUT2D eigenvalue weighted by Gasteiger charge is -2.23. The molecule has 2 aromatic carbocycles. The summed E-state index contributed by atoms with van der Waals surface area (Å²) in [5.41, 5.74) is 5.56. The van der Waals surface area contributed by atoms with Gasteiger partial charge in [0.1, 0.15) is 0 Å². The Balaban J connectivity index is 1.43. The second-order valence-corrected chi connectivity index (χ2v) is 7.30. The number of anilines is 1. The number of rotatable bonds is 6. The van der Waals surface area contributed by atoms with Gasteiger partial charge < -0.3 is 15.5 Å². The smallest absolute Gasteiger partial charge is 0.275 e. The van der Waals surface area contributed by atoms with E-state index in [1.54, 1.807) is 0 Å². The zero-order valence-corrected chi connectivity index (χ0v) is 16.5. The number of aryl methyl sites for hydroxylation is 1. The van der Waals surface area contributed by atoms with E-state index in [9.17, 15) is 9.59 Å². The highest BCUT2D eigenvalue weighted by Crippen LogP contribution is 2.18. The maximum Gasteiger partial charge on any atom is 0.275 e. The standard InChI is InChI=1S/C23H27N3O2/c1-17-7-6-10-21(18(17)2)25-22(27)15-24-23(28)16-26-13-11-20(12-14-26)19-8-4-3-5-9-19/h3-11H,12-16H2,1-2H3,(H,24,28)(H,25,27)/p+1. The van der Waals surface area contributed by atoms with Crippen molar-refractivity contribution < 1.29 is 14.5 Å². The third kappa shape index (κ3) is 5.30. The summed E-state index contributed by atoms with van der Waals surface area (Å²) in [4.78, 5) is 25.6. The van der Waals surface area contributed by atoms with Crippen LogP contribution in [-0.4, -0.2) is 38.0 Å². The van der Waals surface area contributed by atoms with E-state index in [0.29, 0.717) is 6.54 Å². The SMILES string of the molecule is Cc1cccc(NC(=O)CNC(=O)C[NH+]2CC=C(c3ccccc3)CC2)c1C. The van der Waals surface area contributed by atoms with Crippen molar-refractivity contribution in [2.24, 2.45) is 0 Å². The van der Waals surface area contributed by atoms with Gasteiger partial charge in [0, 0.05) is 12.1 Å². The molecule has 2 amide bonds. The van der Waals surface area contributed by atoms with E-state index in [-0.39, 0.29) is 18.4 Å². The van der Waals surface area contributed by atoms with E-state index >= 15 is 0 Å². The zero-order chi connectivity index (χ0) is 19.9. The number of hydrogen-bond donors (Lipinski definition) is 3. The van der Waals surface area contributed by atoms with Crippen molar-refractivity contribution in [2.75, 3.05) is 31.5 Å². The molecule has 0 saturated carbocycles. The monoisotopic (exact) mass is 378 g/mol. The van der Waals surface area contributed by atoms with Crippen LogP contribution >= 0.6 is 0 Å². The first-order valence-electron chi connectivity index (χ1n) is 9.73. The fourth-order valence-corrected chi connectivity index (χ4v) is 3.41. The van der Waals surface area contributed by atoms with Gasteiger partial charge in [-0.05, 0) is 48.3 Å². The van der Waals surface area contributed by atoms with Crippen molar-refractivity contribution in [2.45, 2.75) is 20.3 Å². The van der Waals surface area contributed by atoms with Gasteiger partial charge in [0.2, 0.25) is 5.91 Å². The molecule has 1 heterocycles. The molecule has 0 aliphatic carbocycles. The average Bonchev–Trinajstić information content (AvgIpc) is 2.71. The Kier molecular flexibility index (Phi) is 6.61. The second-order valence-electron chi connectivity index (χ2n) is 7.30. The molecule has 3 rings (SSSR count). The lowest BCUT2D eigenvalue weighted by Crippen LogP contribution is -3.13. The summed E-state index contributed by atoms with van der Waals surface area (Å²) in [6, 6.07) is 16.1. The van der Waals surface area contributed by atoms with E-state index in [4.69, 9.17) is 0 Å². The van der Waals surface area contributed by atoms with Crippen LogP contribution in [0.2, 0.25) is 0 Å². The summed E-state index contributed by atoms with van der Waals surface area (Å²) < 4.78 is 0. The van der Waals surface area contributed by atoms with Crippen LogP contribution in [0.15, 0.2) is 54.6 Å². The fourth-order valence-electron chi connectivity index (χ4n) is 3.41. The van der Waals surface area contributed by atoms with Crippen molar-refractivity contribution in [1.29, 1.82) is 0 Å². The van der Waals surface area contributed by atoms with Gasteiger partial charge >= 0.3 is 0 Å². The molecule has 0 aromatic heterocycles. The van der Waals surface area contributed by atoms with E-state index in [1.807, 2.05) is 50.2 Å². The van der Waals surface area contributed by atoms with Crippen molar-refractivity contribution in [1.82, 2.24) is 5.32 Å². The molecule has 28 heavy (non-hydrogen) atoms. The molecule has 0 saturated heterocycles. The summed E-state index contributed by atoms with van der Waals surface area (Å²) in [5.74, 6) is -0.301. The van der Waals surface area contributed by atoms with Crippen LogP contribution in [0, 0.1) is 13.8 Å². The first-order valence-corrected chi connectivity index (χ1v) is 9.73. The molecule has 3 N–H and O–H groups in total. The number of amides is 2. The Hall–Kier alpha value is -2.92. The molecule has 5 heteroatoms. The van der Waals surface area contributed by atoms with E-state index in [2.05, 4.69) is 28.8 Å². The zero-order valence-electron chi connectivity index (χ0n) is 16.5. The molecular weight excluding hydrogens is 350 g/mol. The Labute approximate surface area is 166 Å². The van der Waals surface area contributed by atoms with Gasteiger partial charge in [-0.25, -0.2) is 0 Å². The van der Waals surface area contributed by atoms with Gasteiger partial charge in [0.15, 0.2) is 6.54 Å². The number of hydrogen-bond acceptors (Lipinski definition) is 2. The first kappa shape index (κ1) is 19.8. The van der Waals surface area contributed by atoms with Crippen LogP contribution in [0.3, 0.4) is 0 Å². The van der Waals surface area contributed by atoms with Crippen LogP contribution in [0.1, 0.15) is 23.1 Å². The van der Waals surface area contributed by atoms with E-state index in [0.717, 1.165) is 36.3 Å². The Bertz CT molecular complexity index is 875. The molecule has 1 aliphatic heterocycles. The summed E-state index contributed by atoms with van der Waals surface area (Å²) in [5, 5.41) is 5.60.